The predicted octanol–water partition coefficient (Wildman–Crippen LogP) is 3.61. The highest BCUT2D eigenvalue weighted by Crippen LogP contribution is 2.28. The Morgan fingerprint density at radius 1 is 1.23 bits per heavy atom. The molecule has 1 aromatic carbocycles. The third-order valence-electron chi connectivity index (χ3n) is 5.32. The molecule has 1 amide bonds. The second-order valence-corrected chi connectivity index (χ2v) is 7.11. The number of nitrogens with zero attached hydrogens (tertiary/aromatic N) is 3. The van der Waals surface area contributed by atoms with Gasteiger partial charge in [-0.15, -0.1) is 0 Å². The molecule has 1 fully saturated rings. The molecule has 0 unspecified atom stereocenters. The van der Waals surface area contributed by atoms with Crippen molar-refractivity contribution < 1.29 is 4.79 Å². The largest absolute Gasteiger partial charge is 0.343 e. The Kier molecular flexibility index (Phi) is 4.69. The summed E-state index contributed by atoms with van der Waals surface area (Å²) in [5.74, 6) is 1.72. The highest BCUT2D eigenvalue weighted by Gasteiger charge is 2.25. The highest BCUT2D eigenvalue weighted by molar-refractivity contribution is 5.78. The third kappa shape index (κ3) is 3.47. The van der Waals surface area contributed by atoms with Gasteiger partial charge in [0.1, 0.15) is 5.82 Å². The number of imidazole rings is 1. The van der Waals surface area contributed by atoms with E-state index in [1.807, 2.05) is 23.2 Å². The van der Waals surface area contributed by atoms with Gasteiger partial charge < -0.3 is 9.88 Å². The number of aromatic amines is 1. The second-order valence-electron chi connectivity index (χ2n) is 7.11. The molecule has 2 aromatic heterocycles. The van der Waals surface area contributed by atoms with E-state index in [0.29, 0.717) is 12.3 Å². The van der Waals surface area contributed by atoms with Crippen LogP contribution in [0.5, 0.6) is 0 Å². The molecular weight excluding hydrogens is 324 g/mol. The quantitative estimate of drug-likeness (QED) is 0.783. The molecule has 1 N–H and O–H groups in total. The summed E-state index contributed by atoms with van der Waals surface area (Å²) >= 11 is 0. The van der Waals surface area contributed by atoms with E-state index < -0.39 is 0 Å². The molecule has 0 spiro atoms. The third-order valence-corrected chi connectivity index (χ3v) is 5.32. The number of fused-ring (bicyclic) bond motifs is 1. The molecule has 0 atom stereocenters. The van der Waals surface area contributed by atoms with E-state index in [0.717, 1.165) is 54.8 Å². The van der Waals surface area contributed by atoms with Gasteiger partial charge in [-0.1, -0.05) is 18.2 Å². The highest BCUT2D eigenvalue weighted by atomic mass is 16.2. The minimum atomic E-state index is 0.243. The molecule has 0 bridgehead atoms. The lowest BCUT2D eigenvalue weighted by Crippen LogP contribution is -2.38. The van der Waals surface area contributed by atoms with Crippen LogP contribution in [0.1, 0.15) is 42.1 Å². The van der Waals surface area contributed by atoms with Gasteiger partial charge in [-0.25, -0.2) is 4.98 Å². The molecule has 0 radical (unpaired) electrons. The van der Waals surface area contributed by atoms with Crippen LogP contribution < -0.4 is 0 Å². The molecule has 1 aliphatic rings. The smallest absolute Gasteiger partial charge is 0.222 e. The minimum Gasteiger partial charge on any atom is -0.343 e. The van der Waals surface area contributed by atoms with Crippen molar-refractivity contribution in [3.05, 3.63) is 59.7 Å². The van der Waals surface area contributed by atoms with Gasteiger partial charge in [0.25, 0.3) is 0 Å². The van der Waals surface area contributed by atoms with E-state index in [9.17, 15) is 4.79 Å². The SMILES string of the molecule is Cc1cccc2[nH]c(C3CCN(C(=O)CCc4cccnc4)CC3)nc12. The van der Waals surface area contributed by atoms with E-state index in [2.05, 4.69) is 35.1 Å². The number of carbonyl (C=O) groups excluding carboxylic acids is 1. The lowest BCUT2D eigenvalue weighted by Gasteiger charge is -2.31. The number of carbonyl (C=O) groups is 1. The van der Waals surface area contributed by atoms with Crippen LogP contribution in [0, 0.1) is 6.92 Å². The Balaban J connectivity index is 1.34. The number of likely N-dealkylation sites (tertiary alicyclic amines) is 1. The van der Waals surface area contributed by atoms with Crippen molar-refractivity contribution in [1.29, 1.82) is 0 Å². The molecule has 26 heavy (non-hydrogen) atoms. The number of aryl methyl sites for hydroxylation is 2. The number of benzene rings is 1. The van der Waals surface area contributed by atoms with E-state index >= 15 is 0 Å². The fraction of sp³-hybridized carbons (Fsp3) is 0.381. The van der Waals surface area contributed by atoms with Gasteiger partial charge in [0.05, 0.1) is 11.0 Å². The summed E-state index contributed by atoms with van der Waals surface area (Å²) in [4.78, 5) is 26.9. The van der Waals surface area contributed by atoms with Crippen molar-refractivity contribution in [2.45, 2.75) is 38.5 Å². The first-order valence-electron chi connectivity index (χ1n) is 9.32. The van der Waals surface area contributed by atoms with E-state index in [1.165, 1.54) is 5.56 Å². The first kappa shape index (κ1) is 16.8. The fourth-order valence-corrected chi connectivity index (χ4v) is 3.75. The fourth-order valence-electron chi connectivity index (χ4n) is 3.75. The number of nitrogens with one attached hydrogen (secondary N) is 1. The summed E-state index contributed by atoms with van der Waals surface area (Å²) in [6, 6.07) is 10.2. The van der Waals surface area contributed by atoms with Crippen molar-refractivity contribution in [2.24, 2.45) is 0 Å². The lowest BCUT2D eigenvalue weighted by atomic mass is 9.96. The monoisotopic (exact) mass is 348 g/mol. The maximum atomic E-state index is 12.5. The molecule has 3 aromatic rings. The van der Waals surface area contributed by atoms with Gasteiger partial charge in [-0.2, -0.15) is 0 Å². The first-order chi connectivity index (χ1) is 12.7. The average molecular weight is 348 g/mol. The maximum absolute atomic E-state index is 12.5. The Morgan fingerprint density at radius 2 is 2.08 bits per heavy atom. The first-order valence-corrected chi connectivity index (χ1v) is 9.32. The molecule has 4 rings (SSSR count). The summed E-state index contributed by atoms with van der Waals surface area (Å²) in [5, 5.41) is 0. The van der Waals surface area contributed by atoms with Gasteiger partial charge in [0.15, 0.2) is 0 Å². The van der Waals surface area contributed by atoms with Crippen LogP contribution in [0.15, 0.2) is 42.7 Å². The molecular formula is C21H24N4O. The van der Waals surface area contributed by atoms with Crippen LogP contribution in [0.25, 0.3) is 11.0 Å². The number of H-pyrrole nitrogens is 1. The van der Waals surface area contributed by atoms with Gasteiger partial charge >= 0.3 is 0 Å². The molecule has 5 heteroatoms. The topological polar surface area (TPSA) is 61.9 Å². The van der Waals surface area contributed by atoms with Crippen molar-refractivity contribution in [3.63, 3.8) is 0 Å². The number of hydrogen-bond acceptors (Lipinski definition) is 3. The molecule has 3 heterocycles. The number of hydrogen-bond donors (Lipinski definition) is 1. The number of piperidine rings is 1. The summed E-state index contributed by atoms with van der Waals surface area (Å²) in [7, 11) is 0. The molecule has 0 saturated carbocycles. The summed E-state index contributed by atoms with van der Waals surface area (Å²) in [6.45, 7) is 3.72. The Morgan fingerprint density at radius 3 is 2.81 bits per heavy atom. The van der Waals surface area contributed by atoms with Crippen LogP contribution in [0.4, 0.5) is 0 Å². The van der Waals surface area contributed by atoms with Crippen molar-refractivity contribution in [2.75, 3.05) is 13.1 Å². The van der Waals surface area contributed by atoms with Gasteiger partial charge in [-0.3, -0.25) is 9.78 Å². The predicted molar refractivity (Wildman–Crippen MR) is 102 cm³/mol. The van der Waals surface area contributed by atoms with Crippen LogP contribution in [-0.2, 0) is 11.2 Å². The van der Waals surface area contributed by atoms with Crippen molar-refractivity contribution in [3.8, 4) is 0 Å². The number of pyridine rings is 1. The second kappa shape index (κ2) is 7.28. The Bertz CT molecular complexity index is 895. The summed E-state index contributed by atoms with van der Waals surface area (Å²) in [5.41, 5.74) is 4.49. The number of rotatable bonds is 4. The zero-order valence-electron chi connectivity index (χ0n) is 15.1. The van der Waals surface area contributed by atoms with Gasteiger partial charge in [0, 0.05) is 37.8 Å². The summed E-state index contributed by atoms with van der Waals surface area (Å²) < 4.78 is 0. The van der Waals surface area contributed by atoms with Crippen LogP contribution in [-0.4, -0.2) is 38.8 Å². The number of para-hydroxylation sites is 1. The average Bonchev–Trinajstić information content (AvgIpc) is 3.13. The van der Waals surface area contributed by atoms with Gasteiger partial charge in [0.2, 0.25) is 5.91 Å². The zero-order chi connectivity index (χ0) is 17.9. The molecule has 1 aliphatic heterocycles. The normalized spacial score (nSPS) is 15.5. The molecule has 1 saturated heterocycles. The molecule has 5 nitrogen and oxygen atoms in total. The van der Waals surface area contributed by atoms with E-state index in [4.69, 9.17) is 4.98 Å². The number of amides is 1. The van der Waals surface area contributed by atoms with Crippen molar-refractivity contribution >= 4 is 16.9 Å². The van der Waals surface area contributed by atoms with E-state index in [-0.39, 0.29) is 5.91 Å². The van der Waals surface area contributed by atoms with Crippen molar-refractivity contribution in [1.82, 2.24) is 19.9 Å². The van der Waals surface area contributed by atoms with E-state index in [1.54, 1.807) is 6.20 Å². The summed E-state index contributed by atoms with van der Waals surface area (Å²) in [6.07, 6.45) is 6.85. The van der Waals surface area contributed by atoms with Gasteiger partial charge in [-0.05, 0) is 49.4 Å². The Labute approximate surface area is 153 Å². The minimum absolute atomic E-state index is 0.243. The number of aromatic nitrogens is 3. The standard InChI is InChI=1S/C21H24N4O/c1-15-4-2-6-18-20(15)24-21(23-18)17-9-12-25(13-10-17)19(26)8-7-16-5-3-11-22-14-16/h2-6,11,14,17H,7-10,12-13H2,1H3,(H,23,24). The maximum Gasteiger partial charge on any atom is 0.222 e. The van der Waals surface area contributed by atoms with Crippen LogP contribution >= 0.6 is 0 Å². The lowest BCUT2D eigenvalue weighted by molar-refractivity contribution is -0.132. The zero-order valence-corrected chi connectivity index (χ0v) is 15.1. The Hall–Kier alpha value is -2.69. The molecule has 0 aliphatic carbocycles. The van der Waals surface area contributed by atoms with Crippen LogP contribution in [0.2, 0.25) is 0 Å². The molecule has 134 valence electrons. The van der Waals surface area contributed by atoms with Crippen LogP contribution in [0.3, 0.4) is 0 Å².